The van der Waals surface area contributed by atoms with Gasteiger partial charge in [0, 0.05) is 25.6 Å². The van der Waals surface area contributed by atoms with Gasteiger partial charge in [0.15, 0.2) is 9.84 Å². The Hall–Kier alpha value is -1.93. The van der Waals surface area contributed by atoms with Gasteiger partial charge >= 0.3 is 5.97 Å². The van der Waals surface area contributed by atoms with Crippen LogP contribution in [0.2, 0.25) is 0 Å². The Morgan fingerprint density at radius 1 is 1.17 bits per heavy atom. The minimum atomic E-state index is -3.54. The maximum atomic E-state index is 12.9. The van der Waals surface area contributed by atoms with E-state index in [1.54, 1.807) is 36.1 Å². The van der Waals surface area contributed by atoms with Gasteiger partial charge in [-0.2, -0.15) is 0 Å². The van der Waals surface area contributed by atoms with Crippen LogP contribution in [0, 0.1) is 6.92 Å². The van der Waals surface area contributed by atoms with Crippen LogP contribution < -0.4 is 0 Å². The van der Waals surface area contributed by atoms with E-state index in [1.807, 2.05) is 6.92 Å². The van der Waals surface area contributed by atoms with Crippen molar-refractivity contribution in [2.45, 2.75) is 57.4 Å². The second kappa shape index (κ2) is 11.5. The highest BCUT2D eigenvalue weighted by molar-refractivity contribution is 7.91. The molecule has 1 aliphatic heterocycles. The predicted molar refractivity (Wildman–Crippen MR) is 116 cm³/mol. The van der Waals surface area contributed by atoms with Gasteiger partial charge < -0.3 is 9.64 Å². The molecular formula is C22H34N2O5S. The lowest BCUT2D eigenvalue weighted by Gasteiger charge is -2.30. The van der Waals surface area contributed by atoms with Crippen molar-refractivity contribution in [2.24, 2.45) is 0 Å². The molecule has 0 radical (unpaired) electrons. The van der Waals surface area contributed by atoms with Crippen LogP contribution in [0.3, 0.4) is 0 Å². The second-order valence-corrected chi connectivity index (χ2v) is 9.81. The largest absolute Gasteiger partial charge is 0.466 e. The quantitative estimate of drug-likeness (QED) is 0.494. The molecule has 2 rings (SSSR count). The van der Waals surface area contributed by atoms with Crippen molar-refractivity contribution >= 4 is 21.7 Å². The van der Waals surface area contributed by atoms with Gasteiger partial charge in [0.05, 0.1) is 23.7 Å². The van der Waals surface area contributed by atoms with Crippen LogP contribution in [-0.4, -0.2) is 74.7 Å². The Labute approximate surface area is 180 Å². The zero-order valence-corrected chi connectivity index (χ0v) is 19.1. The Balaban J connectivity index is 2.03. The number of esters is 1. The van der Waals surface area contributed by atoms with Crippen LogP contribution >= 0.6 is 0 Å². The molecule has 30 heavy (non-hydrogen) atoms. The molecule has 1 aromatic carbocycles. The number of aryl methyl sites for hydroxylation is 1. The van der Waals surface area contributed by atoms with Gasteiger partial charge in [0.1, 0.15) is 0 Å². The number of likely N-dealkylation sites (tertiary alicyclic amines) is 1. The summed E-state index contributed by atoms with van der Waals surface area (Å²) in [6.07, 6.45) is 2.10. The Morgan fingerprint density at radius 3 is 2.50 bits per heavy atom. The molecule has 1 fully saturated rings. The van der Waals surface area contributed by atoms with E-state index in [4.69, 9.17) is 4.74 Å². The van der Waals surface area contributed by atoms with E-state index in [0.29, 0.717) is 13.2 Å². The Morgan fingerprint density at radius 2 is 1.87 bits per heavy atom. The van der Waals surface area contributed by atoms with Gasteiger partial charge in [-0.1, -0.05) is 24.6 Å². The fourth-order valence-corrected chi connectivity index (χ4v) is 5.02. The smallest absolute Gasteiger partial charge is 0.307 e. The molecule has 8 heteroatoms. The Bertz CT molecular complexity index is 807. The summed E-state index contributed by atoms with van der Waals surface area (Å²) in [6.45, 7) is 8.70. The van der Waals surface area contributed by atoms with Crippen molar-refractivity contribution in [1.82, 2.24) is 9.80 Å². The van der Waals surface area contributed by atoms with Crippen LogP contribution in [-0.2, 0) is 24.2 Å². The molecule has 1 saturated heterocycles. The summed E-state index contributed by atoms with van der Waals surface area (Å²) in [5, 5.41) is 0. The van der Waals surface area contributed by atoms with E-state index in [-0.39, 0.29) is 48.0 Å². The highest BCUT2D eigenvalue weighted by Crippen LogP contribution is 2.19. The third-order valence-electron chi connectivity index (χ3n) is 5.55. The topological polar surface area (TPSA) is 84.0 Å². The van der Waals surface area contributed by atoms with Gasteiger partial charge in [-0.25, -0.2) is 8.42 Å². The summed E-state index contributed by atoms with van der Waals surface area (Å²) in [6, 6.07) is 6.89. The third-order valence-corrected chi connectivity index (χ3v) is 7.28. The zero-order valence-electron chi connectivity index (χ0n) is 18.3. The maximum Gasteiger partial charge on any atom is 0.307 e. The molecule has 1 unspecified atom stereocenters. The summed E-state index contributed by atoms with van der Waals surface area (Å²) in [4.78, 5) is 28.9. The van der Waals surface area contributed by atoms with Crippen LogP contribution in [0.5, 0.6) is 0 Å². The van der Waals surface area contributed by atoms with Crippen LogP contribution in [0.15, 0.2) is 29.2 Å². The zero-order chi connectivity index (χ0) is 22.1. The first-order chi connectivity index (χ1) is 14.3. The van der Waals surface area contributed by atoms with Gasteiger partial charge in [0.2, 0.25) is 5.91 Å². The third kappa shape index (κ3) is 7.09. The number of carbonyl (C=O) groups is 2. The number of nitrogens with zero attached hydrogens (tertiary/aromatic N) is 2. The normalized spacial score (nSPS) is 17.1. The lowest BCUT2D eigenvalue weighted by Crippen LogP contribution is -2.44. The average Bonchev–Trinajstić information content (AvgIpc) is 3.17. The number of hydrogen-bond donors (Lipinski definition) is 0. The summed E-state index contributed by atoms with van der Waals surface area (Å²) in [5.41, 5.74) is 0.979. The second-order valence-electron chi connectivity index (χ2n) is 7.70. The van der Waals surface area contributed by atoms with E-state index < -0.39 is 9.84 Å². The fourth-order valence-electron chi connectivity index (χ4n) is 3.79. The van der Waals surface area contributed by atoms with Crippen LogP contribution in [0.25, 0.3) is 0 Å². The summed E-state index contributed by atoms with van der Waals surface area (Å²) >= 11 is 0. The maximum absolute atomic E-state index is 12.9. The number of carbonyl (C=O) groups excluding carboxylic acids is 2. The first kappa shape index (κ1) is 24.3. The molecule has 0 N–H and O–H groups in total. The highest BCUT2D eigenvalue weighted by atomic mass is 32.2. The van der Waals surface area contributed by atoms with Gasteiger partial charge in [0.25, 0.3) is 0 Å². The lowest BCUT2D eigenvalue weighted by atomic mass is 10.2. The van der Waals surface area contributed by atoms with Gasteiger partial charge in [-0.05, 0) is 51.9 Å². The number of rotatable bonds is 11. The van der Waals surface area contributed by atoms with Gasteiger partial charge in [-0.15, -0.1) is 0 Å². The van der Waals surface area contributed by atoms with E-state index in [2.05, 4.69) is 11.8 Å². The van der Waals surface area contributed by atoms with E-state index in [0.717, 1.165) is 31.5 Å². The molecule has 168 valence electrons. The first-order valence-electron chi connectivity index (χ1n) is 10.7. The predicted octanol–water partition coefficient (Wildman–Crippen LogP) is 2.42. The molecule has 7 nitrogen and oxygen atoms in total. The SMILES string of the molecule is CCOC(=O)CCN(CC1CCCN1CC)C(=O)CCS(=O)(=O)c1ccc(C)cc1. The molecule has 0 saturated carbocycles. The molecule has 1 atom stereocenters. The van der Waals surface area contributed by atoms with Crippen molar-refractivity contribution in [2.75, 3.05) is 38.5 Å². The lowest BCUT2D eigenvalue weighted by molar-refractivity contribution is -0.144. The molecule has 0 aromatic heterocycles. The number of likely N-dealkylation sites (N-methyl/N-ethyl adjacent to an activating group) is 1. The minimum absolute atomic E-state index is 0.0993. The van der Waals surface area contributed by atoms with Crippen molar-refractivity contribution < 1.29 is 22.7 Å². The van der Waals surface area contributed by atoms with Crippen LogP contribution in [0.4, 0.5) is 0 Å². The van der Waals surface area contributed by atoms with Gasteiger partial charge in [-0.3, -0.25) is 14.5 Å². The summed E-state index contributed by atoms with van der Waals surface area (Å²) < 4.78 is 30.2. The molecule has 0 bridgehead atoms. The molecule has 0 spiro atoms. The Kier molecular flexibility index (Phi) is 9.30. The van der Waals surface area contributed by atoms with Crippen molar-refractivity contribution in [3.8, 4) is 0 Å². The molecule has 0 aliphatic carbocycles. The van der Waals surface area contributed by atoms with Crippen molar-refractivity contribution in [3.05, 3.63) is 29.8 Å². The molecule has 1 aromatic rings. The number of sulfone groups is 1. The molecule has 1 heterocycles. The summed E-state index contributed by atoms with van der Waals surface area (Å²) in [7, 11) is -3.54. The van der Waals surface area contributed by atoms with Crippen LogP contribution in [0.1, 0.15) is 45.1 Å². The highest BCUT2D eigenvalue weighted by Gasteiger charge is 2.28. The number of hydrogen-bond acceptors (Lipinski definition) is 6. The summed E-state index contributed by atoms with van der Waals surface area (Å²) in [5.74, 6) is -0.827. The molecule has 1 aliphatic rings. The fraction of sp³-hybridized carbons (Fsp3) is 0.636. The van der Waals surface area contributed by atoms with Crippen molar-refractivity contribution in [3.63, 3.8) is 0 Å². The van der Waals surface area contributed by atoms with E-state index in [9.17, 15) is 18.0 Å². The molecular weight excluding hydrogens is 404 g/mol. The average molecular weight is 439 g/mol. The first-order valence-corrected chi connectivity index (χ1v) is 12.4. The number of ether oxygens (including phenoxy) is 1. The van der Waals surface area contributed by atoms with E-state index in [1.165, 1.54) is 0 Å². The standard InChI is InChI=1S/C22H34N2O5S/c1-4-23-14-6-7-19(23)17-24(15-12-22(26)29-5-2)21(25)13-16-30(27,28)20-10-8-18(3)9-11-20/h8-11,19H,4-7,12-17H2,1-3H3. The van der Waals surface area contributed by atoms with Crippen molar-refractivity contribution in [1.29, 1.82) is 0 Å². The minimum Gasteiger partial charge on any atom is -0.466 e. The number of benzene rings is 1. The number of amides is 1. The van der Waals surface area contributed by atoms with E-state index >= 15 is 0 Å². The molecule has 1 amide bonds. The monoisotopic (exact) mass is 438 g/mol.